The smallest absolute Gasteiger partial charge is 0.261 e. The lowest BCUT2D eigenvalue weighted by atomic mass is 10.1. The monoisotopic (exact) mass is 522 g/mol. The predicted octanol–water partition coefficient (Wildman–Crippen LogP) is 0.746. The van der Waals surface area contributed by atoms with Gasteiger partial charge in [-0.3, -0.25) is 19.4 Å². The number of aliphatic hydroxyl groups is 3. The van der Waals surface area contributed by atoms with E-state index in [1.54, 1.807) is 41.3 Å². The molecule has 3 aromatic rings. The molecule has 0 saturated carbocycles. The number of aromatic nitrogens is 2. The van der Waals surface area contributed by atoms with Gasteiger partial charge in [-0.15, -0.1) is 0 Å². The zero-order valence-corrected chi connectivity index (χ0v) is 20.8. The number of aliphatic hydroxyl groups excluding tert-OH is 3. The highest BCUT2D eigenvalue weighted by Crippen LogP contribution is 2.28. The van der Waals surface area contributed by atoms with Crippen LogP contribution in [0.15, 0.2) is 42.5 Å². The summed E-state index contributed by atoms with van der Waals surface area (Å²) in [5, 5.41) is 30.0. The molecular weight excluding hydrogens is 492 g/mol. The molecule has 2 unspecified atom stereocenters. The molecule has 4 atom stereocenters. The van der Waals surface area contributed by atoms with E-state index in [0.717, 1.165) is 18.4 Å². The number of ether oxygens (including phenoxy) is 2. The van der Waals surface area contributed by atoms with Gasteiger partial charge >= 0.3 is 0 Å². The molecular formula is C27H30N4O7. The fourth-order valence-corrected chi connectivity index (χ4v) is 5.40. The maximum atomic E-state index is 13.0. The van der Waals surface area contributed by atoms with Gasteiger partial charge in [0.15, 0.2) is 0 Å². The van der Waals surface area contributed by atoms with E-state index in [4.69, 9.17) is 14.5 Å². The third-order valence-electron chi connectivity index (χ3n) is 7.49. The molecule has 1 aromatic heterocycles. The second kappa shape index (κ2) is 10.1. The maximum absolute atomic E-state index is 13.0. The Morgan fingerprint density at radius 3 is 2.42 bits per heavy atom. The summed E-state index contributed by atoms with van der Waals surface area (Å²) in [4.78, 5) is 33.5. The van der Waals surface area contributed by atoms with Crippen LogP contribution in [0, 0.1) is 0 Å². The average Bonchev–Trinajstić information content (AvgIpc) is 3.69. The van der Waals surface area contributed by atoms with Crippen molar-refractivity contribution in [1.82, 2.24) is 19.4 Å². The first-order valence-electron chi connectivity index (χ1n) is 12.9. The van der Waals surface area contributed by atoms with Gasteiger partial charge < -0.3 is 29.4 Å². The summed E-state index contributed by atoms with van der Waals surface area (Å²) in [5.41, 5.74) is 2.25. The molecule has 38 heavy (non-hydrogen) atoms. The lowest BCUT2D eigenvalue weighted by Gasteiger charge is -2.22. The highest BCUT2D eigenvalue weighted by atomic mass is 16.5. The van der Waals surface area contributed by atoms with Crippen LogP contribution in [0.25, 0.3) is 11.0 Å². The summed E-state index contributed by atoms with van der Waals surface area (Å²) < 4.78 is 13.7. The van der Waals surface area contributed by atoms with Crippen molar-refractivity contribution in [2.45, 2.75) is 50.5 Å². The first-order chi connectivity index (χ1) is 18.4. The number of likely N-dealkylation sites (tertiary alicyclic amines) is 1. The minimum atomic E-state index is -0.987. The molecule has 3 aliphatic rings. The summed E-state index contributed by atoms with van der Waals surface area (Å²) in [7, 11) is 0. The largest absolute Gasteiger partial charge is 0.489 e. The van der Waals surface area contributed by atoms with Gasteiger partial charge in [0.05, 0.1) is 53.6 Å². The van der Waals surface area contributed by atoms with Crippen LogP contribution in [0.3, 0.4) is 0 Å². The van der Waals surface area contributed by atoms with Crippen LogP contribution < -0.4 is 4.74 Å². The molecule has 11 heteroatoms. The van der Waals surface area contributed by atoms with Gasteiger partial charge in [-0.1, -0.05) is 12.1 Å². The van der Waals surface area contributed by atoms with Crippen LogP contribution in [0.2, 0.25) is 0 Å². The van der Waals surface area contributed by atoms with Crippen molar-refractivity contribution in [2.24, 2.45) is 0 Å². The molecule has 6 rings (SSSR count). The van der Waals surface area contributed by atoms with Crippen LogP contribution in [0.5, 0.6) is 5.75 Å². The van der Waals surface area contributed by atoms with Gasteiger partial charge in [-0.05, 0) is 37.1 Å². The first-order valence-corrected chi connectivity index (χ1v) is 12.9. The van der Waals surface area contributed by atoms with Crippen molar-refractivity contribution in [2.75, 3.05) is 26.3 Å². The quantitative estimate of drug-likeness (QED) is 0.366. The van der Waals surface area contributed by atoms with E-state index >= 15 is 0 Å². The lowest BCUT2D eigenvalue weighted by Crippen LogP contribution is -2.38. The van der Waals surface area contributed by atoms with E-state index in [9.17, 15) is 24.9 Å². The van der Waals surface area contributed by atoms with Crippen molar-refractivity contribution < 1.29 is 34.4 Å². The number of fused-ring (bicyclic) bond motifs is 2. The number of imidazole rings is 1. The summed E-state index contributed by atoms with van der Waals surface area (Å²) in [6, 6.07) is 12.2. The Hall–Kier alpha value is -3.35. The normalized spacial score (nSPS) is 24.5. The Bertz CT molecular complexity index is 1320. The van der Waals surface area contributed by atoms with Crippen LogP contribution in [-0.2, 0) is 17.8 Å². The zero-order valence-electron chi connectivity index (χ0n) is 20.8. The highest BCUT2D eigenvalue weighted by Gasteiger charge is 2.36. The molecule has 2 saturated heterocycles. The third kappa shape index (κ3) is 4.56. The third-order valence-corrected chi connectivity index (χ3v) is 7.49. The fraction of sp³-hybridized carbons (Fsp3) is 0.444. The summed E-state index contributed by atoms with van der Waals surface area (Å²) in [6.07, 6.45) is -0.909. The Labute approximate surface area is 218 Å². The molecule has 3 N–H and O–H groups in total. The van der Waals surface area contributed by atoms with E-state index in [0.29, 0.717) is 41.4 Å². The van der Waals surface area contributed by atoms with Gasteiger partial charge in [-0.25, -0.2) is 4.98 Å². The van der Waals surface area contributed by atoms with Crippen molar-refractivity contribution >= 4 is 22.8 Å². The number of carbonyl (C=O) groups excluding carboxylic acids is 2. The van der Waals surface area contributed by atoms with Crippen LogP contribution in [-0.4, -0.2) is 97.3 Å². The SMILES string of the molecule is O=C1c2ccccc2C(=O)N1Cc1nc2ccc(OCC(O)N3CC(O)[C@H](O)C3)cc2n1C[C@@H]1CCCO1. The molecule has 2 fully saturated rings. The zero-order chi connectivity index (χ0) is 26.4. The fourth-order valence-electron chi connectivity index (χ4n) is 5.40. The topological polar surface area (TPSA) is 138 Å². The molecule has 2 aromatic carbocycles. The number of benzene rings is 2. The Balaban J connectivity index is 1.25. The van der Waals surface area contributed by atoms with Gasteiger partial charge in [0.2, 0.25) is 0 Å². The molecule has 0 bridgehead atoms. The molecule has 11 nitrogen and oxygen atoms in total. The minimum Gasteiger partial charge on any atom is -0.489 e. The van der Waals surface area contributed by atoms with E-state index < -0.39 is 18.4 Å². The van der Waals surface area contributed by atoms with Gasteiger partial charge in [0, 0.05) is 25.8 Å². The van der Waals surface area contributed by atoms with Gasteiger partial charge in [0.1, 0.15) is 24.4 Å². The van der Waals surface area contributed by atoms with Gasteiger partial charge in [0.25, 0.3) is 11.8 Å². The summed E-state index contributed by atoms with van der Waals surface area (Å²) in [5.74, 6) is 0.410. The number of hydrogen-bond acceptors (Lipinski definition) is 9. The van der Waals surface area contributed by atoms with Crippen molar-refractivity contribution in [3.8, 4) is 5.75 Å². The highest BCUT2D eigenvalue weighted by molar-refractivity contribution is 6.21. The molecule has 3 aliphatic heterocycles. The Kier molecular flexibility index (Phi) is 6.62. The molecule has 200 valence electrons. The first kappa shape index (κ1) is 25.0. The lowest BCUT2D eigenvalue weighted by molar-refractivity contribution is -0.0215. The van der Waals surface area contributed by atoms with E-state index in [1.165, 1.54) is 4.90 Å². The molecule has 4 heterocycles. The van der Waals surface area contributed by atoms with Crippen LogP contribution >= 0.6 is 0 Å². The van der Waals surface area contributed by atoms with E-state index in [2.05, 4.69) is 0 Å². The van der Waals surface area contributed by atoms with Crippen molar-refractivity contribution in [3.05, 3.63) is 59.4 Å². The number of hydrogen-bond donors (Lipinski definition) is 3. The summed E-state index contributed by atoms with van der Waals surface area (Å²) >= 11 is 0. The Morgan fingerprint density at radius 1 is 1.05 bits per heavy atom. The maximum Gasteiger partial charge on any atom is 0.261 e. The number of nitrogens with zero attached hydrogens (tertiary/aromatic N) is 4. The van der Waals surface area contributed by atoms with Crippen LogP contribution in [0.4, 0.5) is 0 Å². The number of amides is 2. The number of imide groups is 1. The van der Waals surface area contributed by atoms with Crippen molar-refractivity contribution in [3.63, 3.8) is 0 Å². The molecule has 0 radical (unpaired) electrons. The van der Waals surface area contributed by atoms with E-state index in [1.807, 2.05) is 10.6 Å². The minimum absolute atomic E-state index is 0.00672. The average molecular weight is 523 g/mol. The number of rotatable bonds is 8. The second-order valence-corrected chi connectivity index (χ2v) is 10.0. The number of β-amino-alcohol motifs (C(OH)–C–C–N with tert-alkyl or cyclic N) is 2. The van der Waals surface area contributed by atoms with Gasteiger partial charge in [-0.2, -0.15) is 0 Å². The van der Waals surface area contributed by atoms with Crippen molar-refractivity contribution in [1.29, 1.82) is 0 Å². The summed E-state index contributed by atoms with van der Waals surface area (Å²) in [6.45, 7) is 1.52. The predicted molar refractivity (Wildman–Crippen MR) is 134 cm³/mol. The second-order valence-electron chi connectivity index (χ2n) is 10.0. The number of carbonyl (C=O) groups is 2. The molecule has 0 spiro atoms. The Morgan fingerprint density at radius 2 is 1.76 bits per heavy atom. The van der Waals surface area contributed by atoms with E-state index in [-0.39, 0.29) is 44.2 Å². The molecule has 2 amide bonds. The standard InChI is InChI=1S/C27H30N4O7/c32-22-12-29(13-23(22)33)25(34)15-38-16-7-8-20-21(10-16)30(11-17-4-3-9-37-17)24(28-20)14-31-26(35)18-5-1-2-6-19(18)27(31)36/h1-2,5-8,10,17,22-23,25,32-34H,3-4,9,11-15H2/t17-,22+,23?,25?/m0/s1. The van der Waals surface area contributed by atoms with Crippen LogP contribution in [0.1, 0.15) is 39.4 Å². The molecule has 0 aliphatic carbocycles.